The lowest BCUT2D eigenvalue weighted by Crippen LogP contribution is -2.22. The van der Waals surface area contributed by atoms with Crippen LogP contribution in [0.3, 0.4) is 0 Å². The summed E-state index contributed by atoms with van der Waals surface area (Å²) in [4.78, 5) is 1.76. The Kier molecular flexibility index (Phi) is 3.75. The molecule has 1 aromatic carbocycles. The van der Waals surface area contributed by atoms with Crippen molar-refractivity contribution in [1.29, 1.82) is 5.26 Å². The molecule has 1 unspecified atom stereocenters. The molecule has 15 heavy (non-hydrogen) atoms. The van der Waals surface area contributed by atoms with Crippen LogP contribution in [0.1, 0.15) is 18.5 Å². The highest BCUT2D eigenvalue weighted by Gasteiger charge is 2.13. The third-order valence-electron chi connectivity index (χ3n) is 2.41. The predicted molar refractivity (Wildman–Crippen MR) is 53.0 cm³/mol. The van der Waals surface area contributed by atoms with Crippen LogP contribution < -0.4 is 0 Å². The van der Waals surface area contributed by atoms with Crippen LogP contribution in [-0.4, -0.2) is 18.5 Å². The molecule has 0 aliphatic rings. The molecule has 80 valence electrons. The Bertz CT molecular complexity index is 385. The standard InChI is InChI=1S/C11H12F2N2/c1-8(15(2)6-5-14)9-3-4-10(12)11(13)7-9/h3-4,7-8H,6H2,1-2H3. The molecule has 0 aliphatic carbocycles. The number of hydrogen-bond donors (Lipinski definition) is 0. The van der Waals surface area contributed by atoms with Crippen LogP contribution in [-0.2, 0) is 0 Å². The van der Waals surface area contributed by atoms with Gasteiger partial charge >= 0.3 is 0 Å². The fraction of sp³-hybridized carbons (Fsp3) is 0.364. The first-order valence-corrected chi connectivity index (χ1v) is 4.58. The van der Waals surface area contributed by atoms with Crippen LogP contribution in [0.25, 0.3) is 0 Å². The summed E-state index contributed by atoms with van der Waals surface area (Å²) < 4.78 is 25.6. The highest BCUT2D eigenvalue weighted by atomic mass is 19.2. The van der Waals surface area contributed by atoms with Crippen LogP contribution in [0.15, 0.2) is 18.2 Å². The second-order valence-corrected chi connectivity index (χ2v) is 3.42. The molecule has 0 spiro atoms. The second kappa shape index (κ2) is 4.85. The predicted octanol–water partition coefficient (Wildman–Crippen LogP) is 2.48. The minimum absolute atomic E-state index is 0.111. The van der Waals surface area contributed by atoms with Gasteiger partial charge < -0.3 is 0 Å². The van der Waals surface area contributed by atoms with Gasteiger partial charge in [0.15, 0.2) is 11.6 Å². The number of halogens is 2. The molecule has 1 atom stereocenters. The average Bonchev–Trinajstić information content (AvgIpc) is 2.21. The maximum absolute atomic E-state index is 12.9. The van der Waals surface area contributed by atoms with E-state index in [0.717, 1.165) is 12.1 Å². The highest BCUT2D eigenvalue weighted by molar-refractivity contribution is 5.20. The van der Waals surface area contributed by atoms with Gasteiger partial charge in [0.2, 0.25) is 0 Å². The number of hydrogen-bond acceptors (Lipinski definition) is 2. The third kappa shape index (κ3) is 2.74. The molecule has 0 heterocycles. The molecule has 0 bridgehead atoms. The summed E-state index contributed by atoms with van der Waals surface area (Å²) in [5, 5.41) is 8.51. The normalized spacial score (nSPS) is 12.5. The van der Waals surface area contributed by atoms with Gasteiger partial charge in [0.1, 0.15) is 0 Å². The molecule has 1 rings (SSSR count). The van der Waals surface area contributed by atoms with E-state index in [2.05, 4.69) is 0 Å². The minimum atomic E-state index is -0.857. The van der Waals surface area contributed by atoms with Gasteiger partial charge in [0, 0.05) is 6.04 Å². The van der Waals surface area contributed by atoms with E-state index in [1.165, 1.54) is 6.07 Å². The minimum Gasteiger partial charge on any atom is -0.287 e. The molecule has 0 N–H and O–H groups in total. The fourth-order valence-electron chi connectivity index (χ4n) is 1.28. The lowest BCUT2D eigenvalue weighted by Gasteiger charge is -2.22. The average molecular weight is 210 g/mol. The van der Waals surface area contributed by atoms with Gasteiger partial charge in [-0.1, -0.05) is 6.07 Å². The van der Waals surface area contributed by atoms with Gasteiger partial charge in [-0.15, -0.1) is 0 Å². The van der Waals surface area contributed by atoms with Crippen LogP contribution in [0.2, 0.25) is 0 Å². The highest BCUT2D eigenvalue weighted by Crippen LogP contribution is 2.20. The molecule has 0 aromatic heterocycles. The maximum Gasteiger partial charge on any atom is 0.159 e. The smallest absolute Gasteiger partial charge is 0.159 e. The molecule has 0 fully saturated rings. The van der Waals surface area contributed by atoms with Gasteiger partial charge in [-0.3, -0.25) is 4.90 Å². The first-order chi connectivity index (χ1) is 7.06. The zero-order valence-corrected chi connectivity index (χ0v) is 8.67. The van der Waals surface area contributed by atoms with Gasteiger partial charge in [0.05, 0.1) is 12.6 Å². The van der Waals surface area contributed by atoms with Crippen molar-refractivity contribution in [2.45, 2.75) is 13.0 Å². The zero-order valence-electron chi connectivity index (χ0n) is 8.67. The molecule has 2 nitrogen and oxygen atoms in total. The van der Waals surface area contributed by atoms with E-state index in [-0.39, 0.29) is 12.6 Å². The molecule has 0 amide bonds. The Balaban J connectivity index is 2.87. The van der Waals surface area contributed by atoms with Crippen molar-refractivity contribution in [1.82, 2.24) is 4.90 Å². The molecule has 0 saturated carbocycles. The van der Waals surface area contributed by atoms with Gasteiger partial charge in [0.25, 0.3) is 0 Å². The Hall–Kier alpha value is -1.47. The van der Waals surface area contributed by atoms with Crippen LogP contribution in [0.4, 0.5) is 8.78 Å². The summed E-state index contributed by atoms with van der Waals surface area (Å²) in [6, 6.07) is 5.67. The van der Waals surface area contributed by atoms with Crippen molar-refractivity contribution in [3.8, 4) is 6.07 Å². The summed E-state index contributed by atoms with van der Waals surface area (Å²) >= 11 is 0. The zero-order chi connectivity index (χ0) is 11.4. The summed E-state index contributed by atoms with van der Waals surface area (Å²) in [6.45, 7) is 2.09. The van der Waals surface area contributed by atoms with Crippen molar-refractivity contribution in [2.24, 2.45) is 0 Å². The van der Waals surface area contributed by atoms with Crippen molar-refractivity contribution >= 4 is 0 Å². The SMILES string of the molecule is CC(c1ccc(F)c(F)c1)N(C)CC#N. The third-order valence-corrected chi connectivity index (χ3v) is 2.41. The topological polar surface area (TPSA) is 27.0 Å². The van der Waals surface area contributed by atoms with Crippen LogP contribution >= 0.6 is 0 Å². The molecule has 1 aromatic rings. The Morgan fingerprint density at radius 3 is 2.60 bits per heavy atom. The van der Waals surface area contributed by atoms with Gasteiger partial charge in [-0.25, -0.2) is 8.78 Å². The number of nitrogens with zero attached hydrogens (tertiary/aromatic N) is 2. The van der Waals surface area contributed by atoms with Gasteiger partial charge in [-0.2, -0.15) is 5.26 Å². The number of benzene rings is 1. The van der Waals surface area contributed by atoms with E-state index >= 15 is 0 Å². The lowest BCUT2D eigenvalue weighted by atomic mass is 10.1. The molecular weight excluding hydrogens is 198 g/mol. The van der Waals surface area contributed by atoms with Gasteiger partial charge in [-0.05, 0) is 31.7 Å². The second-order valence-electron chi connectivity index (χ2n) is 3.42. The molecule has 0 saturated heterocycles. The van der Waals surface area contributed by atoms with E-state index in [0.29, 0.717) is 5.56 Å². The summed E-state index contributed by atoms with van der Waals surface area (Å²) in [5.74, 6) is -1.71. The van der Waals surface area contributed by atoms with Crippen molar-refractivity contribution in [3.63, 3.8) is 0 Å². The molecule has 0 aliphatic heterocycles. The van der Waals surface area contributed by atoms with Crippen LogP contribution in [0, 0.1) is 23.0 Å². The Labute approximate surface area is 87.7 Å². The lowest BCUT2D eigenvalue weighted by molar-refractivity contribution is 0.292. The summed E-state index contributed by atoms with van der Waals surface area (Å²) in [6.07, 6.45) is 0. The van der Waals surface area contributed by atoms with Crippen molar-refractivity contribution in [3.05, 3.63) is 35.4 Å². The van der Waals surface area contributed by atoms with Crippen molar-refractivity contribution in [2.75, 3.05) is 13.6 Å². The van der Waals surface area contributed by atoms with E-state index in [1.54, 1.807) is 11.9 Å². The van der Waals surface area contributed by atoms with E-state index in [4.69, 9.17) is 5.26 Å². The monoisotopic (exact) mass is 210 g/mol. The Morgan fingerprint density at radius 2 is 2.07 bits per heavy atom. The first kappa shape index (κ1) is 11.6. The molecule has 4 heteroatoms. The first-order valence-electron chi connectivity index (χ1n) is 4.58. The maximum atomic E-state index is 12.9. The van der Waals surface area contributed by atoms with E-state index in [9.17, 15) is 8.78 Å². The van der Waals surface area contributed by atoms with E-state index < -0.39 is 11.6 Å². The molecular formula is C11H12F2N2. The fourth-order valence-corrected chi connectivity index (χ4v) is 1.28. The van der Waals surface area contributed by atoms with Crippen molar-refractivity contribution < 1.29 is 8.78 Å². The number of nitriles is 1. The Morgan fingerprint density at radius 1 is 1.40 bits per heavy atom. The molecule has 0 radical (unpaired) electrons. The summed E-state index contributed by atoms with van der Waals surface area (Å²) in [7, 11) is 1.76. The summed E-state index contributed by atoms with van der Waals surface area (Å²) in [5.41, 5.74) is 0.659. The largest absolute Gasteiger partial charge is 0.287 e. The quantitative estimate of drug-likeness (QED) is 0.716. The number of rotatable bonds is 3. The van der Waals surface area contributed by atoms with Crippen LogP contribution in [0.5, 0.6) is 0 Å². The van der Waals surface area contributed by atoms with E-state index in [1.807, 2.05) is 13.0 Å².